The number of anilines is 2. The van der Waals surface area contributed by atoms with Crippen molar-refractivity contribution in [1.29, 1.82) is 0 Å². The van der Waals surface area contributed by atoms with Gasteiger partial charge < -0.3 is 15.0 Å². The number of nitrogens with zero attached hydrogens (tertiary/aromatic N) is 1. The highest BCUT2D eigenvalue weighted by molar-refractivity contribution is 5.84. The molecule has 1 aromatic rings. The maximum Gasteiger partial charge on any atom is 0.310 e. The Labute approximate surface area is 121 Å². The topological polar surface area (TPSA) is 41.6 Å². The first-order chi connectivity index (χ1) is 9.51. The van der Waals surface area contributed by atoms with Gasteiger partial charge in [-0.3, -0.25) is 4.79 Å². The molecule has 0 bridgehead atoms. The zero-order chi connectivity index (χ0) is 14.9. The molecule has 4 nitrogen and oxygen atoms in total. The van der Waals surface area contributed by atoms with E-state index in [1.807, 2.05) is 14.0 Å². The minimum absolute atomic E-state index is 0.146. The SMILES string of the molecule is CCOC(=O)Cc1c(C)c2c(c(NC)c1C)N(C)CC2. The third-order valence-corrected chi connectivity index (χ3v) is 4.21. The van der Waals surface area contributed by atoms with E-state index in [1.54, 1.807) is 0 Å². The lowest BCUT2D eigenvalue weighted by Crippen LogP contribution is -2.16. The van der Waals surface area contributed by atoms with Crippen LogP contribution in [0.4, 0.5) is 11.4 Å². The Bertz CT molecular complexity index is 538. The highest BCUT2D eigenvalue weighted by Crippen LogP contribution is 2.41. The van der Waals surface area contributed by atoms with Crippen LogP contribution in [0.15, 0.2) is 0 Å². The van der Waals surface area contributed by atoms with Crippen LogP contribution in [0, 0.1) is 13.8 Å². The Morgan fingerprint density at radius 3 is 2.65 bits per heavy atom. The molecule has 4 heteroatoms. The number of hydrogen-bond donors (Lipinski definition) is 1. The molecule has 0 spiro atoms. The van der Waals surface area contributed by atoms with Crippen LogP contribution >= 0.6 is 0 Å². The number of hydrogen-bond acceptors (Lipinski definition) is 4. The van der Waals surface area contributed by atoms with E-state index in [2.05, 4.69) is 31.1 Å². The van der Waals surface area contributed by atoms with Crippen molar-refractivity contribution in [3.63, 3.8) is 0 Å². The second-order valence-electron chi connectivity index (χ2n) is 5.33. The molecule has 0 aliphatic carbocycles. The zero-order valence-corrected chi connectivity index (χ0v) is 13.1. The summed E-state index contributed by atoms with van der Waals surface area (Å²) in [5.74, 6) is -0.146. The lowest BCUT2D eigenvalue weighted by molar-refractivity contribution is -0.142. The molecule has 0 aromatic heterocycles. The molecule has 0 atom stereocenters. The Morgan fingerprint density at radius 1 is 1.35 bits per heavy atom. The van der Waals surface area contributed by atoms with E-state index in [0.29, 0.717) is 13.0 Å². The van der Waals surface area contributed by atoms with Crippen LogP contribution in [0.1, 0.15) is 29.2 Å². The van der Waals surface area contributed by atoms with Gasteiger partial charge in [0.2, 0.25) is 0 Å². The summed E-state index contributed by atoms with van der Waals surface area (Å²) in [6, 6.07) is 0. The fourth-order valence-electron chi connectivity index (χ4n) is 3.17. The standard InChI is InChI=1S/C16H24N2O2/c1-6-20-14(19)9-13-10(2)12-7-8-18(5)16(12)15(17-4)11(13)3/h17H,6-9H2,1-5H3. The average molecular weight is 276 g/mol. The molecule has 1 N–H and O–H groups in total. The van der Waals surface area contributed by atoms with Crippen molar-refractivity contribution < 1.29 is 9.53 Å². The minimum atomic E-state index is -0.146. The smallest absolute Gasteiger partial charge is 0.310 e. The van der Waals surface area contributed by atoms with Crippen LogP contribution in [0.5, 0.6) is 0 Å². The second-order valence-corrected chi connectivity index (χ2v) is 5.33. The van der Waals surface area contributed by atoms with Crippen LogP contribution in [0.2, 0.25) is 0 Å². The van der Waals surface area contributed by atoms with Gasteiger partial charge in [-0.05, 0) is 49.4 Å². The first-order valence-electron chi connectivity index (χ1n) is 7.20. The van der Waals surface area contributed by atoms with Crippen LogP contribution < -0.4 is 10.2 Å². The van der Waals surface area contributed by atoms with E-state index in [0.717, 1.165) is 29.8 Å². The first kappa shape index (κ1) is 14.7. The molecule has 1 aromatic carbocycles. The highest BCUT2D eigenvalue weighted by atomic mass is 16.5. The summed E-state index contributed by atoms with van der Waals surface area (Å²) in [6.45, 7) is 7.52. The average Bonchev–Trinajstić information content (AvgIpc) is 2.78. The lowest BCUT2D eigenvalue weighted by Gasteiger charge is -2.23. The van der Waals surface area contributed by atoms with Crippen molar-refractivity contribution in [1.82, 2.24) is 0 Å². The third-order valence-electron chi connectivity index (χ3n) is 4.21. The van der Waals surface area contributed by atoms with Gasteiger partial charge in [-0.1, -0.05) is 0 Å². The third kappa shape index (κ3) is 2.35. The summed E-state index contributed by atoms with van der Waals surface area (Å²) in [4.78, 5) is 14.1. The monoisotopic (exact) mass is 276 g/mol. The highest BCUT2D eigenvalue weighted by Gasteiger charge is 2.26. The minimum Gasteiger partial charge on any atom is -0.466 e. The molecular weight excluding hydrogens is 252 g/mol. The zero-order valence-electron chi connectivity index (χ0n) is 13.1. The Morgan fingerprint density at radius 2 is 2.05 bits per heavy atom. The number of rotatable bonds is 4. The summed E-state index contributed by atoms with van der Waals surface area (Å²) in [5, 5.41) is 3.31. The molecule has 20 heavy (non-hydrogen) atoms. The number of esters is 1. The molecule has 1 aliphatic rings. The fourth-order valence-corrected chi connectivity index (χ4v) is 3.17. The number of nitrogens with one attached hydrogen (secondary N) is 1. The van der Waals surface area contributed by atoms with Crippen molar-refractivity contribution in [2.45, 2.75) is 33.6 Å². The molecule has 0 saturated heterocycles. The normalized spacial score (nSPS) is 13.3. The molecule has 1 heterocycles. The van der Waals surface area contributed by atoms with Crippen molar-refractivity contribution in [2.24, 2.45) is 0 Å². The summed E-state index contributed by atoms with van der Waals surface area (Å²) >= 11 is 0. The Kier molecular flexibility index (Phi) is 4.21. The van der Waals surface area contributed by atoms with Crippen LogP contribution in [-0.4, -0.2) is 33.2 Å². The van der Waals surface area contributed by atoms with E-state index in [4.69, 9.17) is 4.74 Å². The van der Waals surface area contributed by atoms with E-state index in [1.165, 1.54) is 16.8 Å². The van der Waals surface area contributed by atoms with E-state index in [9.17, 15) is 4.79 Å². The van der Waals surface area contributed by atoms with E-state index >= 15 is 0 Å². The van der Waals surface area contributed by atoms with Crippen LogP contribution in [-0.2, 0) is 22.4 Å². The molecule has 0 radical (unpaired) electrons. The molecule has 0 amide bonds. The first-order valence-corrected chi connectivity index (χ1v) is 7.20. The number of carbonyl (C=O) groups excluding carboxylic acids is 1. The number of carbonyl (C=O) groups is 1. The van der Waals surface area contributed by atoms with Gasteiger partial charge in [-0.25, -0.2) is 0 Å². The number of likely N-dealkylation sites (N-methyl/N-ethyl adjacent to an activating group) is 1. The van der Waals surface area contributed by atoms with Gasteiger partial charge in [0.15, 0.2) is 0 Å². The van der Waals surface area contributed by atoms with Crippen molar-refractivity contribution >= 4 is 17.3 Å². The predicted molar refractivity (Wildman–Crippen MR) is 82.8 cm³/mol. The maximum absolute atomic E-state index is 11.8. The van der Waals surface area contributed by atoms with Gasteiger partial charge in [0.25, 0.3) is 0 Å². The van der Waals surface area contributed by atoms with Gasteiger partial charge in [0.1, 0.15) is 0 Å². The van der Waals surface area contributed by atoms with E-state index in [-0.39, 0.29) is 5.97 Å². The lowest BCUT2D eigenvalue weighted by atomic mass is 9.92. The summed E-state index contributed by atoms with van der Waals surface area (Å²) in [5.41, 5.74) is 7.31. The van der Waals surface area contributed by atoms with Gasteiger partial charge in [0.05, 0.1) is 24.4 Å². The Balaban J connectivity index is 2.51. The van der Waals surface area contributed by atoms with Crippen LogP contribution in [0.3, 0.4) is 0 Å². The van der Waals surface area contributed by atoms with Crippen LogP contribution in [0.25, 0.3) is 0 Å². The molecule has 0 saturated carbocycles. The molecule has 110 valence electrons. The number of ether oxygens (including phenoxy) is 1. The maximum atomic E-state index is 11.8. The summed E-state index contributed by atoms with van der Waals surface area (Å²) in [6.07, 6.45) is 1.40. The van der Waals surface area contributed by atoms with Crippen molar-refractivity contribution in [2.75, 3.05) is 37.5 Å². The fraction of sp³-hybridized carbons (Fsp3) is 0.562. The molecular formula is C16H24N2O2. The summed E-state index contributed by atoms with van der Waals surface area (Å²) in [7, 11) is 4.06. The van der Waals surface area contributed by atoms with Gasteiger partial charge in [-0.15, -0.1) is 0 Å². The quantitative estimate of drug-likeness (QED) is 0.858. The largest absolute Gasteiger partial charge is 0.466 e. The van der Waals surface area contributed by atoms with Crippen molar-refractivity contribution in [3.8, 4) is 0 Å². The Hall–Kier alpha value is -1.71. The van der Waals surface area contributed by atoms with Gasteiger partial charge >= 0.3 is 5.97 Å². The predicted octanol–water partition coefficient (Wildman–Crippen LogP) is 2.44. The summed E-state index contributed by atoms with van der Waals surface area (Å²) < 4.78 is 5.10. The van der Waals surface area contributed by atoms with Gasteiger partial charge in [-0.2, -0.15) is 0 Å². The second kappa shape index (κ2) is 5.73. The van der Waals surface area contributed by atoms with E-state index < -0.39 is 0 Å². The molecule has 0 unspecified atom stereocenters. The molecule has 2 rings (SSSR count). The van der Waals surface area contributed by atoms with Gasteiger partial charge in [0, 0.05) is 20.6 Å². The number of benzene rings is 1. The van der Waals surface area contributed by atoms with Crippen molar-refractivity contribution in [3.05, 3.63) is 22.3 Å². The molecule has 0 fully saturated rings. The number of fused-ring (bicyclic) bond motifs is 1. The molecule has 1 aliphatic heterocycles.